The van der Waals surface area contributed by atoms with Crippen molar-refractivity contribution in [2.45, 2.75) is 12.0 Å². The van der Waals surface area contributed by atoms with Crippen LogP contribution in [0, 0.1) is 0 Å². The number of hydrogen-bond acceptors (Lipinski definition) is 4. The number of nitrogens with one attached hydrogen (secondary N) is 2. The predicted octanol–water partition coefficient (Wildman–Crippen LogP) is 0.977. The van der Waals surface area contributed by atoms with Gasteiger partial charge in [-0.05, 0) is 11.4 Å². The van der Waals surface area contributed by atoms with Crippen LogP contribution in [0.3, 0.4) is 0 Å². The number of thiophene rings is 1. The zero-order valence-electron chi connectivity index (χ0n) is 7.62. The van der Waals surface area contributed by atoms with Gasteiger partial charge in [-0.15, -0.1) is 0 Å². The molecule has 3 N–H and O–H groups in total. The van der Waals surface area contributed by atoms with Gasteiger partial charge in [0.1, 0.15) is 0 Å². The van der Waals surface area contributed by atoms with E-state index in [1.54, 1.807) is 11.3 Å². The smallest absolute Gasteiger partial charge is 0.305 e. The zero-order chi connectivity index (χ0) is 10.0. The van der Waals surface area contributed by atoms with Crippen LogP contribution in [-0.4, -0.2) is 29.7 Å². The van der Waals surface area contributed by atoms with Crippen molar-refractivity contribution in [1.29, 1.82) is 0 Å². The van der Waals surface area contributed by atoms with E-state index in [-0.39, 0.29) is 12.0 Å². The first kappa shape index (κ1) is 9.48. The van der Waals surface area contributed by atoms with Gasteiger partial charge in [0, 0.05) is 24.2 Å². The number of hydrogen-bond donors (Lipinski definition) is 3. The summed E-state index contributed by atoms with van der Waals surface area (Å²) >= 11 is 1.60. The van der Waals surface area contributed by atoms with E-state index in [4.69, 9.17) is 5.11 Å². The fourth-order valence-electron chi connectivity index (χ4n) is 1.62. The largest absolute Gasteiger partial charge is 0.481 e. The van der Waals surface area contributed by atoms with Gasteiger partial charge in [0.15, 0.2) is 0 Å². The van der Waals surface area contributed by atoms with Crippen molar-refractivity contribution < 1.29 is 9.90 Å². The summed E-state index contributed by atoms with van der Waals surface area (Å²) < 4.78 is 0. The van der Waals surface area contributed by atoms with Gasteiger partial charge in [-0.3, -0.25) is 4.79 Å². The lowest BCUT2D eigenvalue weighted by atomic mass is 9.88. The van der Waals surface area contributed by atoms with Gasteiger partial charge in [-0.2, -0.15) is 11.3 Å². The Morgan fingerprint density at radius 2 is 2.50 bits per heavy atom. The van der Waals surface area contributed by atoms with Gasteiger partial charge in [0.05, 0.1) is 12.0 Å². The molecule has 1 aromatic rings. The molecule has 2 rings (SSSR count). The van der Waals surface area contributed by atoms with E-state index < -0.39 is 5.97 Å². The summed E-state index contributed by atoms with van der Waals surface area (Å²) in [6, 6.07) is 1.96. The predicted molar refractivity (Wildman–Crippen MR) is 55.8 cm³/mol. The van der Waals surface area contributed by atoms with E-state index in [1.165, 1.54) is 0 Å². The minimum absolute atomic E-state index is 0.163. The summed E-state index contributed by atoms with van der Waals surface area (Å²) in [5.74, 6) is -0.755. The molecule has 1 aliphatic rings. The van der Waals surface area contributed by atoms with Crippen LogP contribution in [0.5, 0.6) is 0 Å². The number of carbonyl (C=O) groups is 1. The maximum atomic E-state index is 10.7. The third kappa shape index (κ3) is 1.88. The van der Waals surface area contributed by atoms with Crippen LogP contribution in [0.2, 0.25) is 0 Å². The second-order valence-electron chi connectivity index (χ2n) is 3.59. The van der Waals surface area contributed by atoms with Crippen LogP contribution in [-0.2, 0) is 4.79 Å². The van der Waals surface area contributed by atoms with Gasteiger partial charge >= 0.3 is 5.97 Å². The zero-order valence-corrected chi connectivity index (χ0v) is 8.43. The molecule has 1 saturated heterocycles. The van der Waals surface area contributed by atoms with Gasteiger partial charge in [0.25, 0.3) is 0 Å². The molecule has 5 heteroatoms. The molecular weight excluding hydrogens is 200 g/mol. The molecule has 1 fully saturated rings. The summed E-state index contributed by atoms with van der Waals surface area (Å²) in [6.45, 7) is 1.43. The molecule has 0 saturated carbocycles. The summed E-state index contributed by atoms with van der Waals surface area (Å²) in [7, 11) is 0. The molecule has 1 aromatic heterocycles. The molecule has 0 spiro atoms. The number of aliphatic carboxylic acids is 1. The van der Waals surface area contributed by atoms with Crippen LogP contribution in [0.25, 0.3) is 0 Å². The first-order valence-corrected chi connectivity index (χ1v) is 5.37. The van der Waals surface area contributed by atoms with Crippen LogP contribution < -0.4 is 10.6 Å². The Labute approximate surface area is 85.9 Å². The van der Waals surface area contributed by atoms with E-state index in [9.17, 15) is 4.79 Å². The highest BCUT2D eigenvalue weighted by atomic mass is 32.1. The number of anilines is 1. The fourth-order valence-corrected chi connectivity index (χ4v) is 2.20. The van der Waals surface area contributed by atoms with E-state index >= 15 is 0 Å². The lowest BCUT2D eigenvalue weighted by molar-refractivity contribution is -0.138. The van der Waals surface area contributed by atoms with Gasteiger partial charge < -0.3 is 15.7 Å². The highest BCUT2D eigenvalue weighted by molar-refractivity contribution is 7.08. The Kier molecular flexibility index (Phi) is 2.43. The van der Waals surface area contributed by atoms with Crippen molar-refractivity contribution >= 4 is 23.0 Å². The van der Waals surface area contributed by atoms with Crippen LogP contribution >= 0.6 is 11.3 Å². The molecule has 0 atom stereocenters. The van der Waals surface area contributed by atoms with Gasteiger partial charge in [-0.25, -0.2) is 0 Å². The topological polar surface area (TPSA) is 61.4 Å². The van der Waals surface area contributed by atoms with Crippen LogP contribution in [0.15, 0.2) is 16.8 Å². The SMILES string of the molecule is O=C(O)CC1(Nc2ccsc2)CNC1. The molecule has 0 radical (unpaired) electrons. The highest BCUT2D eigenvalue weighted by Gasteiger charge is 2.38. The van der Waals surface area contributed by atoms with Gasteiger partial charge in [-0.1, -0.05) is 0 Å². The Hall–Kier alpha value is -1.07. The summed E-state index contributed by atoms with van der Waals surface area (Å²) in [5.41, 5.74) is 0.727. The number of carboxylic acid groups (broad SMARTS) is 1. The Balaban J connectivity index is 2.02. The molecule has 0 aromatic carbocycles. The molecule has 1 aliphatic heterocycles. The van der Waals surface area contributed by atoms with Crippen LogP contribution in [0.1, 0.15) is 6.42 Å². The van der Waals surface area contributed by atoms with Crippen molar-refractivity contribution in [2.75, 3.05) is 18.4 Å². The molecule has 0 amide bonds. The van der Waals surface area contributed by atoms with Crippen LogP contribution in [0.4, 0.5) is 5.69 Å². The lowest BCUT2D eigenvalue weighted by Crippen LogP contribution is -2.65. The van der Waals surface area contributed by atoms with E-state index in [2.05, 4.69) is 10.6 Å². The third-order valence-corrected chi connectivity index (χ3v) is 3.03. The van der Waals surface area contributed by atoms with E-state index in [0.717, 1.165) is 18.8 Å². The van der Waals surface area contributed by atoms with Crippen molar-refractivity contribution in [3.05, 3.63) is 16.8 Å². The number of carboxylic acids is 1. The van der Waals surface area contributed by atoms with Crippen molar-refractivity contribution in [1.82, 2.24) is 5.32 Å². The van der Waals surface area contributed by atoms with E-state index in [0.29, 0.717) is 0 Å². The lowest BCUT2D eigenvalue weighted by Gasteiger charge is -2.42. The standard InChI is InChI=1S/C9H12N2O2S/c12-8(13)3-9(5-10-6-9)11-7-1-2-14-4-7/h1-2,4,10-11H,3,5-6H2,(H,12,13). The average molecular weight is 212 g/mol. The van der Waals surface area contributed by atoms with Crippen molar-refractivity contribution in [2.24, 2.45) is 0 Å². The molecule has 0 aliphatic carbocycles. The molecular formula is C9H12N2O2S. The second-order valence-corrected chi connectivity index (χ2v) is 4.37. The summed E-state index contributed by atoms with van der Waals surface area (Å²) in [5, 5.41) is 19.1. The minimum Gasteiger partial charge on any atom is -0.481 e. The monoisotopic (exact) mass is 212 g/mol. The normalized spacial score (nSPS) is 18.6. The van der Waals surface area contributed by atoms with Crippen molar-refractivity contribution in [3.8, 4) is 0 Å². The molecule has 0 bridgehead atoms. The molecule has 14 heavy (non-hydrogen) atoms. The number of rotatable bonds is 4. The Bertz CT molecular complexity index is 320. The quantitative estimate of drug-likeness (QED) is 0.696. The fraction of sp³-hybridized carbons (Fsp3) is 0.444. The van der Waals surface area contributed by atoms with Gasteiger partial charge in [0.2, 0.25) is 0 Å². The average Bonchev–Trinajstić information content (AvgIpc) is 2.51. The Morgan fingerprint density at radius 3 is 2.93 bits per heavy atom. The Morgan fingerprint density at radius 1 is 1.71 bits per heavy atom. The molecule has 0 unspecified atom stereocenters. The first-order chi connectivity index (χ1) is 6.70. The molecule has 4 nitrogen and oxygen atoms in total. The molecule has 76 valence electrons. The second kappa shape index (κ2) is 3.59. The first-order valence-electron chi connectivity index (χ1n) is 4.43. The maximum absolute atomic E-state index is 10.7. The summed E-state index contributed by atoms with van der Waals surface area (Å²) in [4.78, 5) is 10.7. The summed E-state index contributed by atoms with van der Waals surface area (Å²) in [6.07, 6.45) is 0.163. The highest BCUT2D eigenvalue weighted by Crippen LogP contribution is 2.24. The van der Waals surface area contributed by atoms with Crippen molar-refractivity contribution in [3.63, 3.8) is 0 Å². The minimum atomic E-state index is -0.755. The van der Waals surface area contributed by atoms with E-state index in [1.807, 2.05) is 16.8 Å². The third-order valence-electron chi connectivity index (χ3n) is 2.35. The maximum Gasteiger partial charge on any atom is 0.305 e. The molecule has 2 heterocycles.